The van der Waals surface area contributed by atoms with Gasteiger partial charge >= 0.3 is 0 Å². The van der Waals surface area contributed by atoms with Crippen molar-refractivity contribution in [1.82, 2.24) is 10.3 Å². The van der Waals surface area contributed by atoms with Gasteiger partial charge < -0.3 is 5.32 Å². The molecule has 0 saturated heterocycles. The van der Waals surface area contributed by atoms with Crippen molar-refractivity contribution in [3.63, 3.8) is 0 Å². The number of fused-ring (bicyclic) bond motifs is 1. The summed E-state index contributed by atoms with van der Waals surface area (Å²) in [5, 5.41) is 4.03. The number of hydrogen-bond acceptors (Lipinski definition) is 2. The van der Waals surface area contributed by atoms with Crippen LogP contribution in [0.3, 0.4) is 0 Å². The van der Waals surface area contributed by atoms with Crippen molar-refractivity contribution < 1.29 is 4.39 Å². The summed E-state index contributed by atoms with van der Waals surface area (Å²) in [5.74, 6) is -0.177. The first-order chi connectivity index (χ1) is 10.2. The number of pyridine rings is 1. The van der Waals surface area contributed by atoms with Gasteiger partial charge in [0.15, 0.2) is 0 Å². The average molecular weight is 280 g/mol. The molecule has 1 N–H and O–H groups in total. The van der Waals surface area contributed by atoms with Crippen LogP contribution >= 0.6 is 0 Å². The molecule has 0 fully saturated rings. The van der Waals surface area contributed by atoms with Crippen LogP contribution in [0.1, 0.15) is 11.3 Å². The fourth-order valence-corrected chi connectivity index (χ4v) is 2.47. The lowest BCUT2D eigenvalue weighted by Gasteiger charge is -2.07. The second-order valence-electron chi connectivity index (χ2n) is 5.20. The highest BCUT2D eigenvalue weighted by Crippen LogP contribution is 2.25. The molecule has 21 heavy (non-hydrogen) atoms. The van der Waals surface area contributed by atoms with Gasteiger partial charge in [0.25, 0.3) is 0 Å². The second kappa shape index (κ2) is 5.62. The zero-order valence-corrected chi connectivity index (χ0v) is 12.2. The maximum absolute atomic E-state index is 14.0. The summed E-state index contributed by atoms with van der Waals surface area (Å²) in [6, 6.07) is 15.4. The lowest BCUT2D eigenvalue weighted by atomic mass is 10.0. The van der Waals surface area contributed by atoms with Gasteiger partial charge in [0.2, 0.25) is 0 Å². The quantitative estimate of drug-likeness (QED) is 0.782. The maximum atomic E-state index is 14.0. The molecule has 0 amide bonds. The molecule has 0 unspecified atom stereocenters. The summed E-state index contributed by atoms with van der Waals surface area (Å²) in [6.45, 7) is 2.51. The fraction of sp³-hybridized carbons (Fsp3) is 0.167. The molecule has 1 heterocycles. The Labute approximate surface area is 123 Å². The van der Waals surface area contributed by atoms with E-state index in [1.165, 1.54) is 0 Å². The Morgan fingerprint density at radius 2 is 1.76 bits per heavy atom. The van der Waals surface area contributed by atoms with Crippen molar-refractivity contribution in [1.29, 1.82) is 0 Å². The van der Waals surface area contributed by atoms with Crippen molar-refractivity contribution in [3.05, 3.63) is 65.6 Å². The van der Waals surface area contributed by atoms with Crippen LogP contribution in [0, 0.1) is 12.7 Å². The van der Waals surface area contributed by atoms with Crippen molar-refractivity contribution in [2.45, 2.75) is 13.5 Å². The topological polar surface area (TPSA) is 24.9 Å². The Bertz CT molecular complexity index is 796. The largest absolute Gasteiger partial charge is 0.316 e. The highest BCUT2D eigenvalue weighted by Gasteiger charge is 2.06. The molecule has 106 valence electrons. The van der Waals surface area contributed by atoms with Crippen LogP contribution in [-0.2, 0) is 6.54 Å². The van der Waals surface area contributed by atoms with E-state index in [9.17, 15) is 4.39 Å². The van der Waals surface area contributed by atoms with E-state index in [0.717, 1.165) is 27.7 Å². The van der Waals surface area contributed by atoms with Crippen molar-refractivity contribution in [3.8, 4) is 11.1 Å². The molecule has 0 spiro atoms. The van der Waals surface area contributed by atoms with Gasteiger partial charge in [-0.05, 0) is 49.4 Å². The van der Waals surface area contributed by atoms with Crippen LogP contribution in [0.4, 0.5) is 4.39 Å². The monoisotopic (exact) mass is 280 g/mol. The van der Waals surface area contributed by atoms with E-state index < -0.39 is 0 Å². The smallest absolute Gasteiger partial charge is 0.128 e. The van der Waals surface area contributed by atoms with Crippen LogP contribution in [0.2, 0.25) is 0 Å². The molecule has 2 aromatic carbocycles. The number of benzene rings is 2. The molecular weight excluding hydrogens is 263 g/mol. The van der Waals surface area contributed by atoms with E-state index in [1.807, 2.05) is 56.4 Å². The number of aromatic nitrogens is 1. The Balaban J connectivity index is 2.03. The standard InChI is InChI=1S/C18H17FN2/c1-12-3-4-15-9-13(7-8-18(15)21-12)14-5-6-16(11-20-2)17(19)10-14/h3-10,20H,11H2,1-2H3. The summed E-state index contributed by atoms with van der Waals surface area (Å²) >= 11 is 0. The Kier molecular flexibility index (Phi) is 3.67. The number of hydrogen-bond donors (Lipinski definition) is 1. The van der Waals surface area contributed by atoms with Gasteiger partial charge in [0.05, 0.1) is 5.52 Å². The predicted molar refractivity (Wildman–Crippen MR) is 84.6 cm³/mol. The molecule has 3 heteroatoms. The van der Waals surface area contributed by atoms with Crippen molar-refractivity contribution in [2.24, 2.45) is 0 Å². The SMILES string of the molecule is CNCc1ccc(-c2ccc3nc(C)ccc3c2)cc1F. The van der Waals surface area contributed by atoms with E-state index in [0.29, 0.717) is 12.1 Å². The molecule has 0 saturated carbocycles. The molecule has 3 aromatic rings. The first-order valence-corrected chi connectivity index (χ1v) is 6.98. The highest BCUT2D eigenvalue weighted by atomic mass is 19.1. The molecule has 0 radical (unpaired) electrons. The number of rotatable bonds is 3. The number of nitrogens with one attached hydrogen (secondary N) is 1. The molecule has 2 nitrogen and oxygen atoms in total. The summed E-state index contributed by atoms with van der Waals surface area (Å²) in [6.07, 6.45) is 0. The van der Waals surface area contributed by atoms with Gasteiger partial charge in [-0.15, -0.1) is 0 Å². The molecule has 0 aliphatic rings. The van der Waals surface area contributed by atoms with Gasteiger partial charge in [-0.2, -0.15) is 0 Å². The van der Waals surface area contributed by atoms with E-state index in [1.54, 1.807) is 6.07 Å². The maximum Gasteiger partial charge on any atom is 0.128 e. The van der Waals surface area contributed by atoms with E-state index in [2.05, 4.69) is 10.3 Å². The molecule has 0 aliphatic carbocycles. The van der Waals surface area contributed by atoms with Gasteiger partial charge in [-0.3, -0.25) is 4.98 Å². The summed E-state index contributed by atoms with van der Waals surface area (Å²) in [5.41, 5.74) is 4.53. The first kappa shape index (κ1) is 13.7. The molecule has 1 aromatic heterocycles. The minimum atomic E-state index is -0.177. The van der Waals surface area contributed by atoms with E-state index in [-0.39, 0.29) is 5.82 Å². The minimum absolute atomic E-state index is 0.177. The zero-order chi connectivity index (χ0) is 14.8. The fourth-order valence-electron chi connectivity index (χ4n) is 2.47. The van der Waals surface area contributed by atoms with Crippen LogP contribution in [0.15, 0.2) is 48.5 Å². The van der Waals surface area contributed by atoms with Crippen LogP contribution in [0.5, 0.6) is 0 Å². The van der Waals surface area contributed by atoms with E-state index >= 15 is 0 Å². The first-order valence-electron chi connectivity index (χ1n) is 6.98. The van der Waals surface area contributed by atoms with Gasteiger partial charge in [-0.25, -0.2) is 4.39 Å². The Morgan fingerprint density at radius 3 is 2.52 bits per heavy atom. The summed E-state index contributed by atoms with van der Waals surface area (Å²) < 4.78 is 14.0. The third kappa shape index (κ3) is 2.78. The van der Waals surface area contributed by atoms with Gasteiger partial charge in [0, 0.05) is 23.2 Å². The normalized spacial score (nSPS) is 11.0. The summed E-state index contributed by atoms with van der Waals surface area (Å²) in [7, 11) is 1.81. The molecule has 0 bridgehead atoms. The molecular formula is C18H17FN2. The number of halogens is 1. The van der Waals surface area contributed by atoms with Crippen LogP contribution < -0.4 is 5.32 Å². The predicted octanol–water partition coefficient (Wildman–Crippen LogP) is 4.07. The van der Waals surface area contributed by atoms with Crippen LogP contribution in [0.25, 0.3) is 22.0 Å². The van der Waals surface area contributed by atoms with E-state index in [4.69, 9.17) is 0 Å². The van der Waals surface area contributed by atoms with Crippen molar-refractivity contribution >= 4 is 10.9 Å². The Hall–Kier alpha value is -2.26. The third-order valence-electron chi connectivity index (χ3n) is 3.58. The summed E-state index contributed by atoms with van der Waals surface area (Å²) in [4.78, 5) is 4.48. The highest BCUT2D eigenvalue weighted by molar-refractivity contribution is 5.84. The van der Waals surface area contributed by atoms with Crippen molar-refractivity contribution in [2.75, 3.05) is 7.05 Å². The van der Waals surface area contributed by atoms with Crippen LogP contribution in [-0.4, -0.2) is 12.0 Å². The Morgan fingerprint density at radius 1 is 1.00 bits per heavy atom. The second-order valence-corrected chi connectivity index (χ2v) is 5.20. The zero-order valence-electron chi connectivity index (χ0n) is 12.2. The number of aryl methyl sites for hydroxylation is 1. The lowest BCUT2D eigenvalue weighted by Crippen LogP contribution is -2.06. The lowest BCUT2D eigenvalue weighted by molar-refractivity contribution is 0.601. The number of nitrogens with zero attached hydrogens (tertiary/aromatic N) is 1. The van der Waals surface area contributed by atoms with Gasteiger partial charge in [-0.1, -0.05) is 24.3 Å². The molecule has 3 rings (SSSR count). The molecule has 0 aliphatic heterocycles. The minimum Gasteiger partial charge on any atom is -0.316 e. The average Bonchev–Trinajstić information content (AvgIpc) is 2.49. The third-order valence-corrected chi connectivity index (χ3v) is 3.58. The molecule has 0 atom stereocenters. The van der Waals surface area contributed by atoms with Gasteiger partial charge in [0.1, 0.15) is 5.82 Å².